The minimum Gasteiger partial charge on any atom is -0.423 e. The summed E-state index contributed by atoms with van der Waals surface area (Å²) in [6, 6.07) is 7.20. The number of allylic oxidation sites excluding steroid dienone is 6. The van der Waals surface area contributed by atoms with Crippen molar-refractivity contribution in [1.82, 2.24) is 4.98 Å². The van der Waals surface area contributed by atoms with Gasteiger partial charge < -0.3 is 9.52 Å². The van der Waals surface area contributed by atoms with Crippen LogP contribution in [0.25, 0.3) is 16.5 Å². The molecule has 0 saturated heterocycles. The third-order valence-corrected chi connectivity index (χ3v) is 8.77. The van der Waals surface area contributed by atoms with E-state index in [4.69, 9.17) is 4.42 Å². The van der Waals surface area contributed by atoms with Crippen molar-refractivity contribution in [2.75, 3.05) is 0 Å². The van der Waals surface area contributed by atoms with Crippen LogP contribution in [-0.4, -0.2) is 10.1 Å². The second-order valence-corrected chi connectivity index (χ2v) is 11.3. The van der Waals surface area contributed by atoms with Gasteiger partial charge in [0.25, 0.3) is 0 Å². The smallest absolute Gasteiger partial charge is 0.336 e. The second kappa shape index (κ2) is 8.08. The molecule has 0 atom stereocenters. The van der Waals surface area contributed by atoms with Crippen LogP contribution in [0.4, 0.5) is 4.39 Å². The van der Waals surface area contributed by atoms with Crippen LogP contribution in [0, 0.1) is 11.8 Å². The molecule has 33 heavy (non-hydrogen) atoms. The van der Waals surface area contributed by atoms with E-state index in [0.717, 1.165) is 56.3 Å². The van der Waals surface area contributed by atoms with Crippen LogP contribution in [0.1, 0.15) is 42.5 Å². The third-order valence-electron chi connectivity index (χ3n) is 6.56. The Kier molecular flexibility index (Phi) is 5.16. The summed E-state index contributed by atoms with van der Waals surface area (Å²) < 4.78 is 20.0. The SMILES string of the molecule is O=c1cc(C2=CC=C(F)CC=C2)c2ccc(Sc3ncc(C(O)(C4CC4)C4CC4)s3)cc2o1. The average molecular weight is 480 g/mol. The Morgan fingerprint density at radius 2 is 1.94 bits per heavy atom. The summed E-state index contributed by atoms with van der Waals surface area (Å²) in [6.45, 7) is 0. The van der Waals surface area contributed by atoms with E-state index in [9.17, 15) is 14.3 Å². The first kappa shape index (κ1) is 21.1. The minimum absolute atomic E-state index is 0.217. The molecule has 3 aromatic rings. The molecule has 168 valence electrons. The summed E-state index contributed by atoms with van der Waals surface area (Å²) in [6.07, 6.45) is 13.1. The van der Waals surface area contributed by atoms with Gasteiger partial charge in [-0.1, -0.05) is 30.0 Å². The molecule has 6 rings (SSSR count). The van der Waals surface area contributed by atoms with Gasteiger partial charge in [-0.15, -0.1) is 11.3 Å². The molecule has 0 unspecified atom stereocenters. The Morgan fingerprint density at radius 1 is 1.15 bits per heavy atom. The standard InChI is InChI=1S/C26H22FNO3S2/c27-18-3-1-2-15(4-9-18)21-13-24(29)31-22-12-19(10-11-20(21)22)32-25-28-14-23(33-25)26(30,16-5-6-16)17-7-8-17/h1-2,4,9-14,16-17,30H,3,5-8H2. The topological polar surface area (TPSA) is 63.3 Å². The number of rotatable bonds is 6. The Bertz CT molecular complexity index is 1380. The van der Waals surface area contributed by atoms with Crippen LogP contribution in [0.2, 0.25) is 0 Å². The Hall–Kier alpha value is -2.48. The summed E-state index contributed by atoms with van der Waals surface area (Å²) in [5.74, 6) is 0.518. The molecule has 1 aromatic carbocycles. The van der Waals surface area contributed by atoms with E-state index < -0.39 is 11.2 Å². The molecule has 2 fully saturated rings. The zero-order valence-electron chi connectivity index (χ0n) is 17.8. The van der Waals surface area contributed by atoms with Crippen molar-refractivity contribution in [2.24, 2.45) is 11.8 Å². The fourth-order valence-corrected chi connectivity index (χ4v) is 6.83. The van der Waals surface area contributed by atoms with Crippen LogP contribution < -0.4 is 5.63 Å². The van der Waals surface area contributed by atoms with Crippen LogP contribution in [0.3, 0.4) is 0 Å². The van der Waals surface area contributed by atoms with Crippen molar-refractivity contribution in [2.45, 2.75) is 46.9 Å². The van der Waals surface area contributed by atoms with E-state index in [0.29, 0.717) is 17.4 Å². The van der Waals surface area contributed by atoms with E-state index in [2.05, 4.69) is 4.98 Å². The molecule has 2 saturated carbocycles. The van der Waals surface area contributed by atoms with Crippen LogP contribution in [0.5, 0.6) is 0 Å². The van der Waals surface area contributed by atoms with Crippen LogP contribution in [-0.2, 0) is 5.60 Å². The normalized spacial score (nSPS) is 18.8. The van der Waals surface area contributed by atoms with Gasteiger partial charge in [0.2, 0.25) is 0 Å². The summed E-state index contributed by atoms with van der Waals surface area (Å²) >= 11 is 3.06. The Morgan fingerprint density at radius 3 is 2.70 bits per heavy atom. The molecule has 0 spiro atoms. The number of benzene rings is 1. The minimum atomic E-state index is -0.713. The fourth-order valence-electron chi connectivity index (χ4n) is 4.60. The van der Waals surface area contributed by atoms with Crippen molar-refractivity contribution in [3.05, 3.63) is 81.5 Å². The molecule has 1 N–H and O–H groups in total. The van der Waals surface area contributed by atoms with Gasteiger partial charge in [-0.3, -0.25) is 0 Å². The second-order valence-electron chi connectivity index (χ2n) is 8.95. The number of hydrogen-bond donors (Lipinski definition) is 1. The summed E-state index contributed by atoms with van der Waals surface area (Å²) in [5.41, 5.74) is 0.809. The van der Waals surface area contributed by atoms with Gasteiger partial charge in [0.1, 0.15) is 17.0 Å². The number of aliphatic hydroxyl groups is 1. The molecule has 0 bridgehead atoms. The molecule has 0 amide bonds. The molecular weight excluding hydrogens is 457 g/mol. The lowest BCUT2D eigenvalue weighted by Crippen LogP contribution is -2.29. The molecule has 0 radical (unpaired) electrons. The molecule has 4 nitrogen and oxygen atoms in total. The van der Waals surface area contributed by atoms with Crippen molar-refractivity contribution in [3.8, 4) is 0 Å². The largest absolute Gasteiger partial charge is 0.423 e. The number of nitrogens with zero attached hydrogens (tertiary/aromatic N) is 1. The van der Waals surface area contributed by atoms with E-state index in [1.807, 2.05) is 30.5 Å². The Labute approximate surface area is 198 Å². The van der Waals surface area contributed by atoms with Crippen molar-refractivity contribution in [3.63, 3.8) is 0 Å². The maximum absolute atomic E-state index is 13.6. The summed E-state index contributed by atoms with van der Waals surface area (Å²) in [5, 5.41) is 12.2. The first-order chi connectivity index (χ1) is 16.0. The molecule has 3 aliphatic rings. The highest BCUT2D eigenvalue weighted by Gasteiger charge is 2.55. The number of aromatic nitrogens is 1. The molecule has 2 heterocycles. The highest BCUT2D eigenvalue weighted by molar-refractivity contribution is 8.01. The van der Waals surface area contributed by atoms with E-state index in [1.165, 1.54) is 23.9 Å². The first-order valence-electron chi connectivity index (χ1n) is 11.2. The highest BCUT2D eigenvalue weighted by atomic mass is 32.2. The van der Waals surface area contributed by atoms with Crippen LogP contribution >= 0.6 is 23.1 Å². The first-order valence-corrected chi connectivity index (χ1v) is 12.8. The average Bonchev–Trinajstić information content (AvgIpc) is 3.70. The lowest BCUT2D eigenvalue weighted by Gasteiger charge is -2.26. The predicted molar refractivity (Wildman–Crippen MR) is 129 cm³/mol. The highest BCUT2D eigenvalue weighted by Crippen LogP contribution is 2.58. The van der Waals surface area contributed by atoms with Gasteiger partial charge in [-0.2, -0.15) is 0 Å². The van der Waals surface area contributed by atoms with Crippen molar-refractivity contribution >= 4 is 39.6 Å². The van der Waals surface area contributed by atoms with Gasteiger partial charge in [0.05, 0.1) is 4.88 Å². The quantitative estimate of drug-likeness (QED) is 0.403. The summed E-state index contributed by atoms with van der Waals surface area (Å²) in [4.78, 5) is 18.7. The van der Waals surface area contributed by atoms with Crippen molar-refractivity contribution < 1.29 is 13.9 Å². The lowest BCUT2D eigenvalue weighted by molar-refractivity contribution is -0.00681. The third kappa shape index (κ3) is 4.03. The zero-order valence-corrected chi connectivity index (χ0v) is 19.4. The van der Waals surface area contributed by atoms with Crippen molar-refractivity contribution in [1.29, 1.82) is 0 Å². The monoisotopic (exact) mass is 479 g/mol. The van der Waals surface area contributed by atoms with Gasteiger partial charge in [-0.25, -0.2) is 14.2 Å². The molecular formula is C26H22FNO3S2. The number of hydrogen-bond acceptors (Lipinski definition) is 6. The van der Waals surface area contributed by atoms with Crippen LogP contribution in [0.15, 0.2) is 79.0 Å². The van der Waals surface area contributed by atoms with Gasteiger partial charge in [0.15, 0.2) is 4.34 Å². The lowest BCUT2D eigenvalue weighted by atomic mass is 9.90. The van der Waals surface area contributed by atoms with E-state index in [-0.39, 0.29) is 12.2 Å². The van der Waals surface area contributed by atoms with E-state index >= 15 is 0 Å². The van der Waals surface area contributed by atoms with E-state index in [1.54, 1.807) is 23.5 Å². The number of thiazole rings is 1. The summed E-state index contributed by atoms with van der Waals surface area (Å²) in [7, 11) is 0. The zero-order chi connectivity index (χ0) is 22.6. The molecule has 2 aromatic heterocycles. The van der Waals surface area contributed by atoms with Gasteiger partial charge in [0, 0.05) is 29.0 Å². The maximum Gasteiger partial charge on any atom is 0.336 e. The number of fused-ring (bicyclic) bond motifs is 1. The fraction of sp³-hybridized carbons (Fsp3) is 0.308. The molecule has 0 aliphatic heterocycles. The van der Waals surface area contributed by atoms with Gasteiger partial charge in [-0.05, 0) is 72.9 Å². The Balaban J connectivity index is 1.32. The van der Waals surface area contributed by atoms with Gasteiger partial charge >= 0.3 is 5.63 Å². The number of halogens is 1. The molecule has 3 aliphatic carbocycles. The molecule has 7 heteroatoms. The predicted octanol–water partition coefficient (Wildman–Crippen LogP) is 6.61. The maximum atomic E-state index is 13.6.